The lowest BCUT2D eigenvalue weighted by atomic mass is 9.77. The molecule has 0 radical (unpaired) electrons. The molecule has 0 aromatic heterocycles. The van der Waals surface area contributed by atoms with Gasteiger partial charge in [-0.05, 0) is 42.1 Å². The second-order valence-corrected chi connectivity index (χ2v) is 6.62. The molecule has 0 bridgehead atoms. The van der Waals surface area contributed by atoms with E-state index in [2.05, 4.69) is 4.90 Å². The van der Waals surface area contributed by atoms with E-state index >= 15 is 0 Å². The summed E-state index contributed by atoms with van der Waals surface area (Å²) < 4.78 is 0. The first-order valence-electron chi connectivity index (χ1n) is 7.88. The number of hydrogen-bond donors (Lipinski definition) is 4. The highest BCUT2D eigenvalue weighted by Crippen LogP contribution is 2.42. The Morgan fingerprint density at radius 3 is 2.73 bits per heavy atom. The summed E-state index contributed by atoms with van der Waals surface area (Å²) in [4.78, 5) is 2.31. The molecule has 2 aliphatic heterocycles. The highest BCUT2D eigenvalue weighted by molar-refractivity contribution is 5.47. The molecule has 2 aliphatic carbocycles. The number of rotatable bonds is 0. The Morgan fingerprint density at radius 2 is 1.91 bits per heavy atom. The molecule has 4 rings (SSSR count). The van der Waals surface area contributed by atoms with E-state index in [9.17, 15) is 20.4 Å². The number of aliphatic hydroxyl groups is 4. The Hall–Kier alpha value is -1.56. The smallest absolute Gasteiger partial charge is 0.126 e. The van der Waals surface area contributed by atoms with Crippen LogP contribution in [0.1, 0.15) is 25.7 Å². The van der Waals surface area contributed by atoms with Crippen molar-refractivity contribution in [3.63, 3.8) is 0 Å². The predicted octanol–water partition coefficient (Wildman–Crippen LogP) is 1.47. The van der Waals surface area contributed by atoms with E-state index in [1.807, 2.05) is 6.08 Å². The van der Waals surface area contributed by atoms with Crippen LogP contribution in [0.25, 0.3) is 0 Å². The van der Waals surface area contributed by atoms with E-state index < -0.39 is 12.2 Å². The van der Waals surface area contributed by atoms with Crippen LogP contribution in [-0.4, -0.2) is 56.7 Å². The summed E-state index contributed by atoms with van der Waals surface area (Å²) >= 11 is 0. The molecule has 0 aromatic carbocycles. The molecule has 5 heteroatoms. The van der Waals surface area contributed by atoms with Crippen LogP contribution in [0.2, 0.25) is 0 Å². The normalized spacial score (nSPS) is 35.5. The SMILES string of the molecule is OC1=CC2=C(CC1O)C1CC3=CCC(O)C(O)=C3CN1CC2. The van der Waals surface area contributed by atoms with Gasteiger partial charge >= 0.3 is 0 Å². The standard InChI is InChI=1S/C17H21NO4/c19-14-2-1-9-5-13-11-7-16(21)15(20)6-10(11)3-4-18(13)8-12(9)17(14)22/h1,6,13-14,16,19-22H,2-5,7-8H2. The van der Waals surface area contributed by atoms with Gasteiger partial charge in [0.1, 0.15) is 23.7 Å². The van der Waals surface area contributed by atoms with Gasteiger partial charge in [0.2, 0.25) is 0 Å². The molecule has 3 unspecified atom stereocenters. The van der Waals surface area contributed by atoms with Crippen LogP contribution in [0.3, 0.4) is 0 Å². The molecule has 0 aromatic rings. The molecule has 2 heterocycles. The fourth-order valence-corrected chi connectivity index (χ4v) is 4.13. The third kappa shape index (κ3) is 2.04. The Balaban J connectivity index is 1.69. The van der Waals surface area contributed by atoms with Crippen LogP contribution in [0, 0.1) is 0 Å². The van der Waals surface area contributed by atoms with Gasteiger partial charge in [0.15, 0.2) is 0 Å². The maximum atomic E-state index is 10.1. The van der Waals surface area contributed by atoms with Gasteiger partial charge in [0.25, 0.3) is 0 Å². The van der Waals surface area contributed by atoms with Gasteiger partial charge in [0.05, 0.1) is 0 Å². The van der Waals surface area contributed by atoms with Crippen LogP contribution in [-0.2, 0) is 0 Å². The topological polar surface area (TPSA) is 84.2 Å². The molecule has 4 aliphatic rings. The van der Waals surface area contributed by atoms with Crippen molar-refractivity contribution in [3.05, 3.63) is 46.0 Å². The average Bonchev–Trinajstić information content (AvgIpc) is 2.51. The van der Waals surface area contributed by atoms with Crippen molar-refractivity contribution in [3.8, 4) is 0 Å². The number of fused-ring (bicyclic) bond motifs is 3. The lowest BCUT2D eigenvalue weighted by Crippen LogP contribution is -2.48. The fourth-order valence-electron chi connectivity index (χ4n) is 4.13. The van der Waals surface area contributed by atoms with E-state index in [0.29, 0.717) is 19.4 Å². The number of hydrogen-bond acceptors (Lipinski definition) is 5. The highest BCUT2D eigenvalue weighted by atomic mass is 16.3. The van der Waals surface area contributed by atoms with E-state index in [4.69, 9.17) is 0 Å². The molecule has 5 nitrogen and oxygen atoms in total. The minimum Gasteiger partial charge on any atom is -0.510 e. The lowest BCUT2D eigenvalue weighted by molar-refractivity contribution is 0.125. The minimum absolute atomic E-state index is 0.0706. The quantitative estimate of drug-likeness (QED) is 0.545. The van der Waals surface area contributed by atoms with Gasteiger partial charge in [-0.2, -0.15) is 0 Å². The largest absolute Gasteiger partial charge is 0.510 e. The minimum atomic E-state index is -0.800. The van der Waals surface area contributed by atoms with E-state index in [-0.39, 0.29) is 17.6 Å². The van der Waals surface area contributed by atoms with Crippen molar-refractivity contribution < 1.29 is 20.4 Å². The van der Waals surface area contributed by atoms with Crippen LogP contribution in [0.4, 0.5) is 0 Å². The summed E-state index contributed by atoms with van der Waals surface area (Å²) in [5.41, 5.74) is 4.35. The first-order valence-corrected chi connectivity index (χ1v) is 7.88. The second-order valence-electron chi connectivity index (χ2n) is 6.62. The fraction of sp³-hybridized carbons (Fsp3) is 0.529. The molecule has 1 saturated heterocycles. The Labute approximate surface area is 129 Å². The van der Waals surface area contributed by atoms with Crippen LogP contribution in [0.15, 0.2) is 46.0 Å². The van der Waals surface area contributed by atoms with Gasteiger partial charge in [-0.1, -0.05) is 6.08 Å². The summed E-state index contributed by atoms with van der Waals surface area (Å²) in [5, 5.41) is 39.7. The molecular weight excluding hydrogens is 282 g/mol. The molecular formula is C17H21NO4. The van der Waals surface area contributed by atoms with Crippen molar-refractivity contribution in [2.24, 2.45) is 0 Å². The van der Waals surface area contributed by atoms with Gasteiger partial charge in [-0.3, -0.25) is 4.90 Å². The van der Waals surface area contributed by atoms with E-state index in [0.717, 1.165) is 36.1 Å². The lowest BCUT2D eigenvalue weighted by Gasteiger charge is -2.45. The molecule has 0 saturated carbocycles. The number of aliphatic hydroxyl groups excluding tert-OH is 4. The van der Waals surface area contributed by atoms with Crippen molar-refractivity contribution in [2.45, 2.75) is 43.9 Å². The molecule has 0 amide bonds. The Morgan fingerprint density at radius 1 is 1.09 bits per heavy atom. The first kappa shape index (κ1) is 14.1. The second kappa shape index (κ2) is 4.98. The summed E-state index contributed by atoms with van der Waals surface area (Å²) in [7, 11) is 0. The van der Waals surface area contributed by atoms with Crippen LogP contribution < -0.4 is 0 Å². The zero-order valence-corrected chi connectivity index (χ0v) is 12.4. The molecule has 0 spiro atoms. The van der Waals surface area contributed by atoms with Gasteiger partial charge in [-0.25, -0.2) is 0 Å². The summed E-state index contributed by atoms with van der Waals surface area (Å²) in [6, 6.07) is 0.223. The molecule has 3 atom stereocenters. The summed E-state index contributed by atoms with van der Waals surface area (Å²) in [5.74, 6) is 0.193. The number of piperidine rings is 1. The Bertz CT molecular complexity index is 643. The van der Waals surface area contributed by atoms with Gasteiger partial charge in [0, 0.05) is 31.1 Å². The molecule has 118 valence electrons. The molecule has 4 N–H and O–H groups in total. The summed E-state index contributed by atoms with van der Waals surface area (Å²) in [6.45, 7) is 1.51. The van der Waals surface area contributed by atoms with Crippen molar-refractivity contribution in [2.75, 3.05) is 13.1 Å². The highest BCUT2D eigenvalue weighted by Gasteiger charge is 2.39. The van der Waals surface area contributed by atoms with E-state index in [1.165, 1.54) is 5.57 Å². The van der Waals surface area contributed by atoms with Crippen molar-refractivity contribution in [1.82, 2.24) is 4.90 Å². The monoisotopic (exact) mass is 303 g/mol. The third-order valence-electron chi connectivity index (χ3n) is 5.38. The number of nitrogens with zero attached hydrogens (tertiary/aromatic N) is 1. The Kier molecular flexibility index (Phi) is 3.18. The average molecular weight is 303 g/mol. The van der Waals surface area contributed by atoms with Crippen LogP contribution >= 0.6 is 0 Å². The zero-order chi connectivity index (χ0) is 15.4. The molecule has 1 fully saturated rings. The van der Waals surface area contributed by atoms with Gasteiger partial charge < -0.3 is 20.4 Å². The summed E-state index contributed by atoms with van der Waals surface area (Å²) in [6.07, 6.45) is 4.77. The maximum absolute atomic E-state index is 10.1. The van der Waals surface area contributed by atoms with Crippen molar-refractivity contribution >= 4 is 0 Å². The van der Waals surface area contributed by atoms with E-state index in [1.54, 1.807) is 6.08 Å². The predicted molar refractivity (Wildman–Crippen MR) is 81.3 cm³/mol. The maximum Gasteiger partial charge on any atom is 0.126 e. The number of allylic oxidation sites excluding steroid dienone is 1. The van der Waals surface area contributed by atoms with Gasteiger partial charge in [-0.15, -0.1) is 0 Å². The van der Waals surface area contributed by atoms with Crippen LogP contribution in [0.5, 0.6) is 0 Å². The third-order valence-corrected chi connectivity index (χ3v) is 5.38. The molecule has 22 heavy (non-hydrogen) atoms. The van der Waals surface area contributed by atoms with Crippen molar-refractivity contribution in [1.29, 1.82) is 0 Å². The zero-order valence-electron chi connectivity index (χ0n) is 12.4. The first-order chi connectivity index (χ1) is 10.5.